The minimum absolute atomic E-state index is 0.150. The molecule has 7 heteroatoms. The molecule has 0 aliphatic carbocycles. The summed E-state index contributed by atoms with van der Waals surface area (Å²) in [6.45, 7) is 0. The van der Waals surface area contributed by atoms with Gasteiger partial charge in [-0.05, 0) is 30.3 Å². The van der Waals surface area contributed by atoms with Gasteiger partial charge in [-0.1, -0.05) is 0 Å². The van der Waals surface area contributed by atoms with Gasteiger partial charge in [0.2, 0.25) is 0 Å². The summed E-state index contributed by atoms with van der Waals surface area (Å²) in [7, 11) is 2.64. The van der Waals surface area contributed by atoms with Crippen LogP contribution in [0.4, 0.5) is 5.69 Å². The first kappa shape index (κ1) is 15.3. The van der Waals surface area contributed by atoms with Crippen LogP contribution in [0.25, 0.3) is 17.4 Å². The minimum atomic E-state index is -0.524. The fraction of sp³-hybridized carbons (Fsp3) is 0.133. The number of ether oxygens (including phenoxy) is 2. The van der Waals surface area contributed by atoms with Gasteiger partial charge in [-0.3, -0.25) is 10.1 Å². The summed E-state index contributed by atoms with van der Waals surface area (Å²) in [5.41, 5.74) is 0.383. The molecule has 0 amide bonds. The summed E-state index contributed by atoms with van der Waals surface area (Å²) in [4.78, 5) is 21.5. The van der Waals surface area contributed by atoms with Crippen LogP contribution in [0.1, 0.15) is 5.76 Å². The van der Waals surface area contributed by atoms with Crippen molar-refractivity contribution in [1.29, 1.82) is 0 Å². The molecule has 0 saturated carbocycles. The first-order chi connectivity index (χ1) is 10.5. The molecule has 0 fully saturated rings. The molecule has 7 nitrogen and oxygen atoms in total. The second-order valence-electron chi connectivity index (χ2n) is 4.20. The third-order valence-electron chi connectivity index (χ3n) is 2.87. The van der Waals surface area contributed by atoms with Gasteiger partial charge in [0.1, 0.15) is 11.5 Å². The number of esters is 1. The van der Waals surface area contributed by atoms with Crippen LogP contribution in [0.5, 0.6) is 5.75 Å². The zero-order valence-electron chi connectivity index (χ0n) is 11.9. The minimum Gasteiger partial charge on any atom is -0.490 e. The van der Waals surface area contributed by atoms with Crippen LogP contribution in [0.3, 0.4) is 0 Å². The zero-order chi connectivity index (χ0) is 16.1. The molecule has 0 atom stereocenters. The molecule has 0 saturated heterocycles. The Bertz CT molecular complexity index is 731. The normalized spacial score (nSPS) is 10.6. The first-order valence-electron chi connectivity index (χ1n) is 6.24. The highest BCUT2D eigenvalue weighted by Gasteiger charge is 2.17. The number of nitrogens with zero attached hydrogens (tertiary/aromatic N) is 1. The Morgan fingerprint density at radius 3 is 2.68 bits per heavy atom. The molecule has 0 aliphatic heterocycles. The van der Waals surface area contributed by atoms with Crippen molar-refractivity contribution in [3.05, 3.63) is 52.3 Å². The lowest BCUT2D eigenvalue weighted by atomic mass is 10.1. The van der Waals surface area contributed by atoms with Crippen LogP contribution in [0.2, 0.25) is 0 Å². The number of carbonyl (C=O) groups excluding carboxylic acids is 1. The van der Waals surface area contributed by atoms with E-state index in [4.69, 9.17) is 9.15 Å². The number of hydrogen-bond donors (Lipinski definition) is 0. The Morgan fingerprint density at radius 2 is 2.05 bits per heavy atom. The zero-order valence-corrected chi connectivity index (χ0v) is 11.9. The number of benzene rings is 1. The Morgan fingerprint density at radius 1 is 1.27 bits per heavy atom. The van der Waals surface area contributed by atoms with Crippen molar-refractivity contribution in [3.8, 4) is 17.1 Å². The molecule has 1 aromatic carbocycles. The van der Waals surface area contributed by atoms with Crippen molar-refractivity contribution in [2.45, 2.75) is 0 Å². The number of hydrogen-bond acceptors (Lipinski definition) is 6. The molecule has 1 heterocycles. The Hall–Kier alpha value is -3.09. The summed E-state index contributed by atoms with van der Waals surface area (Å²) < 4.78 is 14.9. The number of methoxy groups -OCH3 is 2. The van der Waals surface area contributed by atoms with E-state index in [9.17, 15) is 14.9 Å². The van der Waals surface area contributed by atoms with Crippen LogP contribution >= 0.6 is 0 Å². The number of nitro groups is 1. The maximum atomic E-state index is 11.0. The predicted octanol–water partition coefficient (Wildman–Crippen LogP) is 3.05. The molecular weight excluding hydrogens is 290 g/mol. The largest absolute Gasteiger partial charge is 0.490 e. The van der Waals surface area contributed by atoms with Crippen molar-refractivity contribution in [3.63, 3.8) is 0 Å². The van der Waals surface area contributed by atoms with Crippen LogP contribution in [0.15, 0.2) is 40.8 Å². The monoisotopic (exact) mass is 303 g/mol. The van der Waals surface area contributed by atoms with Gasteiger partial charge < -0.3 is 13.9 Å². The Balaban J connectivity index is 2.31. The molecule has 114 valence electrons. The highest BCUT2D eigenvalue weighted by atomic mass is 16.6. The van der Waals surface area contributed by atoms with Gasteiger partial charge in [-0.2, -0.15) is 0 Å². The van der Waals surface area contributed by atoms with Gasteiger partial charge >= 0.3 is 11.7 Å². The lowest BCUT2D eigenvalue weighted by Gasteiger charge is -2.03. The third kappa shape index (κ3) is 3.32. The Labute approximate surface area is 125 Å². The molecular formula is C15H13NO6. The maximum absolute atomic E-state index is 11.0. The van der Waals surface area contributed by atoms with E-state index in [-0.39, 0.29) is 11.4 Å². The van der Waals surface area contributed by atoms with Crippen LogP contribution < -0.4 is 4.74 Å². The van der Waals surface area contributed by atoms with Gasteiger partial charge in [-0.15, -0.1) is 0 Å². The third-order valence-corrected chi connectivity index (χ3v) is 2.87. The average Bonchev–Trinajstić information content (AvgIpc) is 3.00. The fourth-order valence-electron chi connectivity index (χ4n) is 1.80. The van der Waals surface area contributed by atoms with Gasteiger partial charge in [0.05, 0.1) is 19.1 Å². The van der Waals surface area contributed by atoms with E-state index in [0.29, 0.717) is 17.1 Å². The van der Waals surface area contributed by atoms with E-state index in [1.807, 2.05) is 0 Å². The molecule has 0 unspecified atom stereocenters. The topological polar surface area (TPSA) is 91.8 Å². The van der Waals surface area contributed by atoms with E-state index >= 15 is 0 Å². The lowest BCUT2D eigenvalue weighted by Crippen LogP contribution is -1.93. The maximum Gasteiger partial charge on any atom is 0.330 e. The van der Waals surface area contributed by atoms with E-state index in [1.165, 1.54) is 38.5 Å². The molecule has 0 bridgehead atoms. The fourth-order valence-corrected chi connectivity index (χ4v) is 1.80. The lowest BCUT2D eigenvalue weighted by molar-refractivity contribution is -0.385. The van der Waals surface area contributed by atoms with Gasteiger partial charge in [-0.25, -0.2) is 4.79 Å². The quantitative estimate of drug-likeness (QED) is 0.365. The highest BCUT2D eigenvalue weighted by molar-refractivity contribution is 5.86. The SMILES string of the molecule is COC(=O)/C=C/c1ccc(-c2ccc(OC)c([N+](=O)[O-])c2)o1. The number of carbonyl (C=O) groups is 1. The summed E-state index contributed by atoms with van der Waals surface area (Å²) in [5, 5.41) is 11.0. The van der Waals surface area contributed by atoms with Crippen LogP contribution in [0, 0.1) is 10.1 Å². The number of rotatable bonds is 5. The van der Waals surface area contributed by atoms with E-state index in [0.717, 1.165) is 0 Å². The molecule has 0 aliphatic rings. The van der Waals surface area contributed by atoms with Crippen LogP contribution in [-0.4, -0.2) is 25.1 Å². The summed E-state index contributed by atoms with van der Waals surface area (Å²) >= 11 is 0. The Kier molecular flexibility index (Phi) is 4.57. The molecule has 0 radical (unpaired) electrons. The van der Waals surface area contributed by atoms with E-state index in [2.05, 4.69) is 4.74 Å². The molecule has 2 aromatic rings. The van der Waals surface area contributed by atoms with Crippen LogP contribution in [-0.2, 0) is 9.53 Å². The molecule has 2 rings (SSSR count). The second kappa shape index (κ2) is 6.57. The predicted molar refractivity (Wildman–Crippen MR) is 78.4 cm³/mol. The van der Waals surface area contributed by atoms with Crippen molar-refractivity contribution >= 4 is 17.7 Å². The van der Waals surface area contributed by atoms with Crippen molar-refractivity contribution in [1.82, 2.24) is 0 Å². The van der Waals surface area contributed by atoms with E-state index in [1.54, 1.807) is 18.2 Å². The summed E-state index contributed by atoms with van der Waals surface area (Å²) in [5.74, 6) is 0.540. The number of furan rings is 1. The standard InChI is InChI=1S/C15H13NO6/c1-20-14-6-3-10(9-12(14)16(18)19)13-7-4-11(22-13)5-8-15(17)21-2/h3-9H,1-2H3/b8-5+. The molecule has 0 spiro atoms. The van der Waals surface area contributed by atoms with Crippen molar-refractivity contribution in [2.75, 3.05) is 14.2 Å². The van der Waals surface area contributed by atoms with Gasteiger partial charge in [0.25, 0.3) is 0 Å². The second-order valence-corrected chi connectivity index (χ2v) is 4.20. The molecule has 1 aromatic heterocycles. The highest BCUT2D eigenvalue weighted by Crippen LogP contribution is 2.32. The van der Waals surface area contributed by atoms with Crippen molar-refractivity contribution < 1.29 is 23.6 Å². The molecule has 0 N–H and O–H groups in total. The smallest absolute Gasteiger partial charge is 0.330 e. The average molecular weight is 303 g/mol. The first-order valence-corrected chi connectivity index (χ1v) is 6.24. The van der Waals surface area contributed by atoms with Gasteiger partial charge in [0.15, 0.2) is 5.75 Å². The number of nitro benzene ring substituents is 1. The van der Waals surface area contributed by atoms with E-state index < -0.39 is 10.9 Å². The van der Waals surface area contributed by atoms with Gasteiger partial charge in [0, 0.05) is 17.7 Å². The summed E-state index contributed by atoms with van der Waals surface area (Å²) in [6.07, 6.45) is 2.67. The summed E-state index contributed by atoms with van der Waals surface area (Å²) in [6, 6.07) is 7.82. The molecule has 22 heavy (non-hydrogen) atoms. The van der Waals surface area contributed by atoms with Crippen molar-refractivity contribution in [2.24, 2.45) is 0 Å².